The van der Waals surface area contributed by atoms with Crippen LogP contribution in [-0.2, 0) is 0 Å². The highest BCUT2D eigenvalue weighted by Crippen LogP contribution is 2.57. The Kier molecular flexibility index (Phi) is 1.20. The lowest BCUT2D eigenvalue weighted by Gasteiger charge is -2.26. The summed E-state index contributed by atoms with van der Waals surface area (Å²) in [4.78, 5) is 0. The molecule has 0 N–H and O–H groups in total. The quantitative estimate of drug-likeness (QED) is 0.364. The first-order valence-electron chi connectivity index (χ1n) is 2.77. The van der Waals surface area contributed by atoms with Gasteiger partial charge in [0.1, 0.15) is 0 Å². The van der Waals surface area contributed by atoms with Crippen LogP contribution in [0.25, 0.3) is 0 Å². The molecule has 0 aromatic rings. The second-order valence-corrected chi connectivity index (χ2v) is 8.22. The normalized spacial score (nSPS) is 32.0. The van der Waals surface area contributed by atoms with Crippen molar-refractivity contribution in [2.24, 2.45) is 5.92 Å². The van der Waals surface area contributed by atoms with E-state index in [4.69, 9.17) is 0 Å². The Morgan fingerprint density at radius 1 is 1.50 bits per heavy atom. The van der Waals surface area contributed by atoms with E-state index in [2.05, 4.69) is 51.3 Å². The molecule has 44 valence electrons. The smallest absolute Gasteiger partial charge is 0.0713 e. The molecule has 1 saturated carbocycles. The number of allylic oxidation sites excluding steroid dienone is 2. The Balaban J connectivity index is 2.35. The molecule has 0 amide bonds. The molecule has 3 aliphatic rings. The van der Waals surface area contributed by atoms with E-state index >= 15 is 0 Å². The molecular weight excluding hydrogens is 326 g/mol. The minimum absolute atomic E-state index is 0.505. The van der Waals surface area contributed by atoms with E-state index in [1.165, 1.54) is 12.8 Å². The third kappa shape index (κ3) is 0.678. The van der Waals surface area contributed by atoms with Crippen LogP contribution in [0.2, 0.25) is 0 Å². The van der Waals surface area contributed by atoms with Crippen molar-refractivity contribution in [3.63, 3.8) is 0 Å². The maximum absolute atomic E-state index is 2.54. The fourth-order valence-electron chi connectivity index (χ4n) is 1.35. The molecule has 1 fully saturated rings. The van der Waals surface area contributed by atoms with E-state index in [0.29, 0.717) is 1.43 Å². The van der Waals surface area contributed by atoms with Crippen LogP contribution in [0.3, 0.4) is 0 Å². The van der Waals surface area contributed by atoms with Gasteiger partial charge in [0.05, 0.1) is 1.43 Å². The molecule has 0 spiro atoms. The molecule has 0 unspecified atom stereocenters. The molecule has 0 aromatic heterocycles. The van der Waals surface area contributed by atoms with Crippen LogP contribution in [0.1, 0.15) is 12.8 Å². The van der Waals surface area contributed by atoms with Crippen molar-refractivity contribution >= 4 is 45.2 Å². The van der Waals surface area contributed by atoms with E-state index in [9.17, 15) is 0 Å². The Labute approximate surface area is 76.4 Å². The van der Waals surface area contributed by atoms with E-state index in [-0.39, 0.29) is 0 Å². The summed E-state index contributed by atoms with van der Waals surface area (Å²) in [5.41, 5.74) is 1.69. The second-order valence-electron chi connectivity index (χ2n) is 2.58. The average molecular weight is 332 g/mol. The molecule has 0 saturated heterocycles. The molecule has 3 aliphatic carbocycles. The summed E-state index contributed by atoms with van der Waals surface area (Å²) in [6, 6.07) is 0. The Morgan fingerprint density at radius 3 is 2.25 bits per heavy atom. The lowest BCUT2D eigenvalue weighted by molar-refractivity contribution is 0.482. The van der Waals surface area contributed by atoms with Crippen molar-refractivity contribution in [1.82, 2.24) is 0 Å². The van der Waals surface area contributed by atoms with E-state index in [1.54, 1.807) is 5.57 Å². The summed E-state index contributed by atoms with van der Waals surface area (Å²) in [7, 11) is 0. The highest BCUT2D eigenvalue weighted by Gasteiger charge is 2.45. The van der Waals surface area contributed by atoms with Crippen LogP contribution >= 0.6 is 45.2 Å². The number of rotatable bonds is 0. The van der Waals surface area contributed by atoms with E-state index < -0.39 is 0 Å². The number of hydrogen-bond acceptors (Lipinski definition) is 0. The van der Waals surface area contributed by atoms with Crippen molar-refractivity contribution < 1.29 is 0 Å². The summed E-state index contributed by atoms with van der Waals surface area (Å²) >= 11 is 5.09. The summed E-state index contributed by atoms with van der Waals surface area (Å²) in [5, 5.41) is 0. The number of alkyl halides is 2. The minimum atomic E-state index is 0.505. The Bertz CT molecular complexity index is 150. The maximum Gasteiger partial charge on any atom is 0.0949 e. The fourth-order valence-corrected chi connectivity index (χ4v) is 3.11. The third-order valence-electron chi connectivity index (χ3n) is 1.96. The van der Waals surface area contributed by atoms with Gasteiger partial charge in [0.25, 0.3) is 0 Å². The zero-order valence-corrected chi connectivity index (χ0v) is 8.64. The van der Waals surface area contributed by atoms with Crippen LogP contribution in [0.5, 0.6) is 0 Å². The van der Waals surface area contributed by atoms with Gasteiger partial charge in [0, 0.05) is 0 Å². The van der Waals surface area contributed by atoms with Crippen molar-refractivity contribution in [3.05, 3.63) is 11.6 Å². The Morgan fingerprint density at radius 2 is 2.12 bits per heavy atom. The second kappa shape index (κ2) is 1.62. The average Bonchev–Trinajstić information content (AvgIpc) is 1.82. The zero-order chi connectivity index (χ0) is 5.78. The van der Waals surface area contributed by atoms with Gasteiger partial charge >= 0.3 is 0 Å². The van der Waals surface area contributed by atoms with Gasteiger partial charge in [0.15, 0.2) is 0 Å². The lowest BCUT2D eigenvalue weighted by Crippen LogP contribution is -2.19. The summed E-state index contributed by atoms with van der Waals surface area (Å²) in [6.07, 6.45) is 5.22. The highest BCUT2D eigenvalue weighted by molar-refractivity contribution is 14.2. The summed E-state index contributed by atoms with van der Waals surface area (Å²) < 4.78 is 0.505. The molecule has 0 radical (unpaired) electrons. The lowest BCUT2D eigenvalue weighted by atomic mass is 9.87. The van der Waals surface area contributed by atoms with Crippen LogP contribution in [0.4, 0.5) is 0 Å². The van der Waals surface area contributed by atoms with Gasteiger partial charge in [-0.2, -0.15) is 0 Å². The molecule has 0 heterocycles. The molecular formula is C6H6I2. The summed E-state index contributed by atoms with van der Waals surface area (Å²) in [6.45, 7) is 0. The fraction of sp³-hybridized carbons (Fsp3) is 0.667. The molecule has 8 heavy (non-hydrogen) atoms. The monoisotopic (exact) mass is 332 g/mol. The van der Waals surface area contributed by atoms with E-state index in [1.807, 2.05) is 0 Å². The number of halogens is 2. The third-order valence-corrected chi connectivity index (χ3v) is 4.34. The molecule has 0 nitrogen and oxygen atoms in total. The van der Waals surface area contributed by atoms with Crippen molar-refractivity contribution in [2.45, 2.75) is 14.3 Å². The van der Waals surface area contributed by atoms with Gasteiger partial charge < -0.3 is 0 Å². The molecule has 0 aliphatic heterocycles. The van der Waals surface area contributed by atoms with E-state index in [0.717, 1.165) is 5.92 Å². The van der Waals surface area contributed by atoms with Crippen LogP contribution in [-0.4, -0.2) is 1.43 Å². The zero-order valence-electron chi connectivity index (χ0n) is 4.32. The maximum atomic E-state index is 2.54. The van der Waals surface area contributed by atoms with Crippen molar-refractivity contribution in [1.29, 1.82) is 0 Å². The predicted octanol–water partition coefficient (Wildman–Crippen LogP) is 2.90. The molecule has 2 bridgehead atoms. The molecule has 0 atom stereocenters. The molecule has 3 rings (SSSR count). The van der Waals surface area contributed by atoms with Crippen LogP contribution < -0.4 is 0 Å². The number of hydrogen-bond donors (Lipinski definition) is 0. The van der Waals surface area contributed by atoms with Gasteiger partial charge in [-0.25, -0.2) is 0 Å². The minimum Gasteiger partial charge on any atom is -0.0713 e. The van der Waals surface area contributed by atoms with Gasteiger partial charge in [0.2, 0.25) is 0 Å². The SMILES string of the molecule is IC1(I)C=C2CC1C2. The predicted molar refractivity (Wildman–Crippen MR) is 51.6 cm³/mol. The number of fused-ring (bicyclic) bond motifs is 1. The van der Waals surface area contributed by atoms with Crippen molar-refractivity contribution in [3.8, 4) is 0 Å². The van der Waals surface area contributed by atoms with Crippen LogP contribution in [0.15, 0.2) is 11.6 Å². The molecule has 0 aromatic carbocycles. The first kappa shape index (κ1) is 5.95. The van der Waals surface area contributed by atoms with Crippen LogP contribution in [0, 0.1) is 5.92 Å². The van der Waals surface area contributed by atoms with Gasteiger partial charge in [-0.1, -0.05) is 56.8 Å². The first-order valence-corrected chi connectivity index (χ1v) is 4.93. The van der Waals surface area contributed by atoms with Gasteiger partial charge in [-0.05, 0) is 18.8 Å². The summed E-state index contributed by atoms with van der Waals surface area (Å²) in [5.74, 6) is 0.985. The standard InChI is InChI=1S/C6H6I2/c7-6(8)3-4-1-5(6)2-4/h3,5H,1-2H2. The Hall–Kier alpha value is 1.20. The van der Waals surface area contributed by atoms with Crippen molar-refractivity contribution in [2.75, 3.05) is 0 Å². The van der Waals surface area contributed by atoms with Gasteiger partial charge in [-0.15, -0.1) is 0 Å². The largest absolute Gasteiger partial charge is 0.0949 e. The molecule has 2 heteroatoms. The highest BCUT2D eigenvalue weighted by atomic mass is 127. The van der Waals surface area contributed by atoms with Gasteiger partial charge in [-0.3, -0.25) is 0 Å². The topological polar surface area (TPSA) is 0 Å². The first-order chi connectivity index (χ1) is 3.68.